The molecule has 1 aromatic heterocycles. The Hall–Kier alpha value is -3.04. The minimum absolute atomic E-state index is 0.0267. The zero-order valence-corrected chi connectivity index (χ0v) is 13.8. The Bertz CT molecular complexity index is 757. The van der Waals surface area contributed by atoms with E-state index in [0.717, 1.165) is 5.56 Å². The van der Waals surface area contributed by atoms with Crippen LogP contribution in [0.2, 0.25) is 0 Å². The molecule has 3 N–H and O–H groups in total. The lowest BCUT2D eigenvalue weighted by Crippen LogP contribution is -2.24. The third kappa shape index (κ3) is 5.80. The molecule has 0 saturated carbocycles. The van der Waals surface area contributed by atoms with Gasteiger partial charge in [-0.2, -0.15) is 18.3 Å². The highest BCUT2D eigenvalue weighted by Crippen LogP contribution is 2.22. The van der Waals surface area contributed by atoms with Gasteiger partial charge in [0.1, 0.15) is 17.1 Å². The van der Waals surface area contributed by atoms with Crippen molar-refractivity contribution in [3.63, 3.8) is 0 Å². The molecule has 0 aliphatic rings. The van der Waals surface area contributed by atoms with Crippen molar-refractivity contribution in [2.24, 2.45) is 0 Å². The number of benzene rings is 1. The van der Waals surface area contributed by atoms with Crippen molar-refractivity contribution in [1.82, 2.24) is 15.5 Å². The fraction of sp³-hybridized carbons (Fsp3) is 0.312. The summed E-state index contributed by atoms with van der Waals surface area (Å²) in [4.78, 5) is 23.8. The molecule has 0 saturated heterocycles. The van der Waals surface area contributed by atoms with Gasteiger partial charge >= 0.3 is 6.18 Å². The molecule has 2 aromatic rings. The van der Waals surface area contributed by atoms with Crippen LogP contribution in [0.15, 0.2) is 30.5 Å². The van der Waals surface area contributed by atoms with E-state index in [1.807, 2.05) is 0 Å². The van der Waals surface area contributed by atoms with Crippen LogP contribution in [0, 0.1) is 0 Å². The van der Waals surface area contributed by atoms with Gasteiger partial charge in [-0.1, -0.05) is 12.1 Å². The minimum Gasteiger partial charge on any atom is -0.497 e. The topological polar surface area (TPSA) is 96.1 Å². The number of nitrogens with one attached hydrogen (secondary N) is 3. The highest BCUT2D eigenvalue weighted by atomic mass is 19.4. The standard InChI is InChI=1S/C16H17F3N4O3/c1-26-11-4-2-10(3-5-11)8-20-15(25)12-9-21-23-14(12)22-13(24)6-7-16(17,18)19/h2-5,9H,6-8H2,1H3,(H,20,25)(H2,21,22,23,24). The Labute approximate surface area is 146 Å². The molecule has 0 spiro atoms. The van der Waals surface area contributed by atoms with E-state index in [0.29, 0.717) is 5.75 Å². The summed E-state index contributed by atoms with van der Waals surface area (Å²) in [5.74, 6) is -0.764. The zero-order chi connectivity index (χ0) is 19.2. The van der Waals surface area contributed by atoms with Crippen LogP contribution in [-0.4, -0.2) is 35.3 Å². The largest absolute Gasteiger partial charge is 0.497 e. The molecule has 0 unspecified atom stereocenters. The number of H-pyrrole nitrogens is 1. The average molecular weight is 370 g/mol. The number of ether oxygens (including phenoxy) is 1. The predicted molar refractivity (Wildman–Crippen MR) is 86.7 cm³/mol. The van der Waals surface area contributed by atoms with Crippen molar-refractivity contribution in [3.05, 3.63) is 41.6 Å². The highest BCUT2D eigenvalue weighted by Gasteiger charge is 2.28. The number of hydrogen-bond acceptors (Lipinski definition) is 4. The fourth-order valence-corrected chi connectivity index (χ4v) is 2.03. The number of amides is 2. The summed E-state index contributed by atoms with van der Waals surface area (Å²) in [5, 5.41) is 10.9. The van der Waals surface area contributed by atoms with E-state index in [4.69, 9.17) is 4.74 Å². The number of nitrogens with zero attached hydrogens (tertiary/aromatic N) is 1. The number of rotatable bonds is 7. The summed E-state index contributed by atoms with van der Waals surface area (Å²) in [6.07, 6.45) is -5.23. The number of hydrogen-bond donors (Lipinski definition) is 3. The molecule has 0 atom stereocenters. The van der Waals surface area contributed by atoms with Crippen molar-refractivity contribution in [3.8, 4) is 5.75 Å². The van der Waals surface area contributed by atoms with Crippen LogP contribution in [0.5, 0.6) is 5.75 Å². The minimum atomic E-state index is -4.43. The summed E-state index contributed by atoms with van der Waals surface area (Å²) < 4.78 is 41.5. The van der Waals surface area contributed by atoms with E-state index in [-0.39, 0.29) is 17.9 Å². The molecule has 140 valence electrons. The van der Waals surface area contributed by atoms with E-state index in [2.05, 4.69) is 20.8 Å². The van der Waals surface area contributed by atoms with Crippen LogP contribution in [0.4, 0.5) is 19.0 Å². The van der Waals surface area contributed by atoms with Gasteiger partial charge in [-0.3, -0.25) is 14.7 Å². The maximum absolute atomic E-state index is 12.2. The summed E-state index contributed by atoms with van der Waals surface area (Å²) in [6.45, 7) is 0.218. The van der Waals surface area contributed by atoms with Crippen molar-refractivity contribution in [2.45, 2.75) is 25.6 Å². The fourth-order valence-electron chi connectivity index (χ4n) is 2.03. The van der Waals surface area contributed by atoms with Crippen LogP contribution in [0.25, 0.3) is 0 Å². The molecule has 1 aromatic carbocycles. The lowest BCUT2D eigenvalue weighted by Gasteiger charge is -2.09. The molecule has 0 radical (unpaired) electrons. The van der Waals surface area contributed by atoms with E-state index in [1.165, 1.54) is 6.20 Å². The zero-order valence-electron chi connectivity index (χ0n) is 13.8. The number of carbonyl (C=O) groups is 2. The van der Waals surface area contributed by atoms with Crippen molar-refractivity contribution < 1.29 is 27.5 Å². The first-order valence-electron chi connectivity index (χ1n) is 7.59. The van der Waals surface area contributed by atoms with Gasteiger partial charge in [0.05, 0.1) is 19.7 Å². The lowest BCUT2D eigenvalue weighted by atomic mass is 10.2. The smallest absolute Gasteiger partial charge is 0.389 e. The van der Waals surface area contributed by atoms with E-state index < -0.39 is 30.8 Å². The van der Waals surface area contributed by atoms with E-state index in [9.17, 15) is 22.8 Å². The number of carbonyl (C=O) groups excluding carboxylic acids is 2. The quantitative estimate of drug-likeness (QED) is 0.698. The van der Waals surface area contributed by atoms with E-state index >= 15 is 0 Å². The SMILES string of the molecule is COc1ccc(CNC(=O)c2cn[nH]c2NC(=O)CCC(F)(F)F)cc1. The highest BCUT2D eigenvalue weighted by molar-refractivity contribution is 6.02. The normalized spacial score (nSPS) is 11.1. The van der Waals surface area contributed by atoms with Crippen LogP contribution in [-0.2, 0) is 11.3 Å². The van der Waals surface area contributed by atoms with Gasteiger partial charge in [0.2, 0.25) is 5.91 Å². The molecule has 26 heavy (non-hydrogen) atoms. The van der Waals surface area contributed by atoms with Gasteiger partial charge in [0.15, 0.2) is 0 Å². The average Bonchev–Trinajstić information content (AvgIpc) is 3.06. The van der Waals surface area contributed by atoms with Gasteiger partial charge in [-0.15, -0.1) is 0 Å². The van der Waals surface area contributed by atoms with E-state index in [1.54, 1.807) is 31.4 Å². The number of halogens is 3. The van der Waals surface area contributed by atoms with Crippen molar-refractivity contribution in [1.29, 1.82) is 0 Å². The molecule has 2 amide bonds. The molecule has 0 aliphatic carbocycles. The van der Waals surface area contributed by atoms with Gasteiger partial charge in [-0.25, -0.2) is 0 Å². The maximum atomic E-state index is 12.2. The first kappa shape index (κ1) is 19.3. The molecule has 0 aliphatic heterocycles. The molecule has 10 heteroatoms. The number of aromatic nitrogens is 2. The number of alkyl halides is 3. The van der Waals surface area contributed by atoms with Crippen LogP contribution < -0.4 is 15.4 Å². The van der Waals surface area contributed by atoms with Gasteiger partial charge in [0.25, 0.3) is 5.91 Å². The molecule has 0 bridgehead atoms. The molecule has 0 fully saturated rings. The lowest BCUT2D eigenvalue weighted by molar-refractivity contribution is -0.142. The number of methoxy groups -OCH3 is 1. The van der Waals surface area contributed by atoms with Crippen molar-refractivity contribution >= 4 is 17.6 Å². The monoisotopic (exact) mass is 370 g/mol. The number of aromatic amines is 1. The predicted octanol–water partition coefficient (Wildman–Crippen LogP) is 2.63. The van der Waals surface area contributed by atoms with Gasteiger partial charge < -0.3 is 15.4 Å². The van der Waals surface area contributed by atoms with Crippen molar-refractivity contribution in [2.75, 3.05) is 12.4 Å². The second-order valence-corrected chi connectivity index (χ2v) is 5.35. The van der Waals surface area contributed by atoms with Crippen LogP contribution in [0.3, 0.4) is 0 Å². The van der Waals surface area contributed by atoms with Gasteiger partial charge in [0, 0.05) is 13.0 Å². The first-order chi connectivity index (χ1) is 12.3. The Morgan fingerprint density at radius 1 is 1.23 bits per heavy atom. The third-order valence-corrected chi connectivity index (χ3v) is 3.40. The molecular formula is C16H17F3N4O3. The van der Waals surface area contributed by atoms with Crippen LogP contribution in [0.1, 0.15) is 28.8 Å². The second-order valence-electron chi connectivity index (χ2n) is 5.35. The Morgan fingerprint density at radius 3 is 2.54 bits per heavy atom. The summed E-state index contributed by atoms with van der Waals surface area (Å²) in [6, 6.07) is 7.03. The number of anilines is 1. The van der Waals surface area contributed by atoms with Crippen LogP contribution >= 0.6 is 0 Å². The Kier molecular flexibility index (Phi) is 6.21. The molecule has 2 rings (SSSR count). The molecular weight excluding hydrogens is 353 g/mol. The first-order valence-corrected chi connectivity index (χ1v) is 7.59. The summed E-state index contributed by atoms with van der Waals surface area (Å²) in [5.41, 5.74) is 0.845. The maximum Gasteiger partial charge on any atom is 0.389 e. The van der Waals surface area contributed by atoms with Gasteiger partial charge in [-0.05, 0) is 17.7 Å². The second kappa shape index (κ2) is 8.37. The Balaban J connectivity index is 1.91. The third-order valence-electron chi connectivity index (χ3n) is 3.40. The molecule has 7 nitrogen and oxygen atoms in total. The summed E-state index contributed by atoms with van der Waals surface area (Å²) >= 11 is 0. The molecule has 1 heterocycles. The Morgan fingerprint density at radius 2 is 1.92 bits per heavy atom. The summed E-state index contributed by atoms with van der Waals surface area (Å²) in [7, 11) is 1.54.